The van der Waals surface area contributed by atoms with Gasteiger partial charge in [-0.1, -0.05) is 12.1 Å². The first-order valence-corrected chi connectivity index (χ1v) is 15.9. The van der Waals surface area contributed by atoms with E-state index in [1.807, 2.05) is 42.6 Å². The highest BCUT2D eigenvalue weighted by atomic mass is 19.1. The van der Waals surface area contributed by atoms with E-state index in [9.17, 15) is 9.90 Å². The molecule has 0 bridgehead atoms. The average Bonchev–Trinajstić information content (AvgIpc) is 3.86. The molecule has 2 aliphatic heterocycles. The Bertz CT molecular complexity index is 1950. The molecule has 10 heteroatoms. The number of amides is 1. The summed E-state index contributed by atoms with van der Waals surface area (Å²) in [6.45, 7) is 4.12. The molecule has 2 aromatic carbocycles. The number of halogens is 1. The number of fused-ring (bicyclic) bond motifs is 2. The number of anilines is 2. The van der Waals surface area contributed by atoms with Gasteiger partial charge < -0.3 is 29.5 Å². The summed E-state index contributed by atoms with van der Waals surface area (Å²) < 4.78 is 21.3. The number of likely N-dealkylation sites (N-methyl/N-ethyl adjacent to an activating group) is 1. The molecular weight excluding hydrogens is 583 g/mol. The van der Waals surface area contributed by atoms with E-state index in [0.29, 0.717) is 22.8 Å². The predicted octanol–water partition coefficient (Wildman–Crippen LogP) is 5.59. The van der Waals surface area contributed by atoms with Gasteiger partial charge in [0.25, 0.3) is 5.91 Å². The van der Waals surface area contributed by atoms with Crippen LogP contribution >= 0.6 is 0 Å². The Morgan fingerprint density at radius 3 is 2.61 bits per heavy atom. The summed E-state index contributed by atoms with van der Waals surface area (Å²) in [4.78, 5) is 32.8. The van der Waals surface area contributed by atoms with Gasteiger partial charge in [-0.25, -0.2) is 9.37 Å². The molecule has 0 atom stereocenters. The highest BCUT2D eigenvalue weighted by Crippen LogP contribution is 2.44. The fourth-order valence-corrected chi connectivity index (χ4v) is 6.73. The largest absolute Gasteiger partial charge is 0.491 e. The van der Waals surface area contributed by atoms with E-state index in [-0.39, 0.29) is 31.1 Å². The van der Waals surface area contributed by atoms with Crippen LogP contribution < -0.4 is 14.5 Å². The summed E-state index contributed by atoms with van der Waals surface area (Å²) in [7, 11) is 2.14. The predicted molar refractivity (Wildman–Crippen MR) is 176 cm³/mol. The highest BCUT2D eigenvalue weighted by Gasteiger charge is 2.33. The number of aliphatic hydroxyl groups excluding tert-OH is 1. The molecule has 1 aliphatic carbocycles. The summed E-state index contributed by atoms with van der Waals surface area (Å²) in [5.74, 6) is -0.427. The van der Waals surface area contributed by atoms with Crippen LogP contribution in [0.1, 0.15) is 40.2 Å². The van der Waals surface area contributed by atoms with Crippen LogP contribution in [0.3, 0.4) is 0 Å². The molecule has 5 heterocycles. The second-order valence-electron chi connectivity index (χ2n) is 12.4. The first kappa shape index (κ1) is 28.7. The van der Waals surface area contributed by atoms with E-state index in [1.165, 1.54) is 11.0 Å². The number of nitrogens with zero attached hydrogens (tertiary/aromatic N) is 5. The second-order valence-corrected chi connectivity index (χ2v) is 12.4. The molecule has 234 valence electrons. The van der Waals surface area contributed by atoms with Gasteiger partial charge in [-0.2, -0.15) is 0 Å². The van der Waals surface area contributed by atoms with Gasteiger partial charge in [-0.3, -0.25) is 9.78 Å². The quantitative estimate of drug-likeness (QED) is 0.256. The number of rotatable bonds is 6. The number of nitrogens with one attached hydrogen (secondary N) is 1. The SMILES string of the molecule is CN1CCN(c2ccc(-c3cc4c(-c5cccc(N6CCOc7cc(C8CC8)cc(F)c7C6=O)c5CO)ccnc4[nH]3)nc2)CC1. The summed E-state index contributed by atoms with van der Waals surface area (Å²) >= 11 is 0. The zero-order chi connectivity index (χ0) is 31.4. The normalized spacial score (nSPS) is 17.2. The van der Waals surface area contributed by atoms with Crippen molar-refractivity contribution in [2.45, 2.75) is 25.4 Å². The molecule has 2 fully saturated rings. The van der Waals surface area contributed by atoms with Gasteiger partial charge in [0.1, 0.15) is 29.4 Å². The van der Waals surface area contributed by atoms with E-state index >= 15 is 4.39 Å². The van der Waals surface area contributed by atoms with Crippen molar-refractivity contribution in [2.24, 2.45) is 0 Å². The summed E-state index contributed by atoms with van der Waals surface area (Å²) in [6.07, 6.45) is 5.69. The molecule has 2 N–H and O–H groups in total. The minimum Gasteiger partial charge on any atom is -0.491 e. The lowest BCUT2D eigenvalue weighted by atomic mass is 9.96. The highest BCUT2D eigenvalue weighted by molar-refractivity contribution is 6.09. The minimum absolute atomic E-state index is 0.0658. The molecule has 1 amide bonds. The smallest absolute Gasteiger partial charge is 0.265 e. The lowest BCUT2D eigenvalue weighted by molar-refractivity contribution is 0.0985. The number of hydrogen-bond acceptors (Lipinski definition) is 7. The fraction of sp³-hybridized carbons (Fsp3) is 0.306. The van der Waals surface area contributed by atoms with E-state index in [0.717, 1.165) is 78.2 Å². The Morgan fingerprint density at radius 2 is 1.85 bits per heavy atom. The summed E-state index contributed by atoms with van der Waals surface area (Å²) in [5, 5.41) is 11.6. The molecule has 5 aromatic rings. The van der Waals surface area contributed by atoms with Crippen molar-refractivity contribution in [1.82, 2.24) is 19.9 Å². The van der Waals surface area contributed by atoms with E-state index in [4.69, 9.17) is 9.72 Å². The van der Waals surface area contributed by atoms with E-state index < -0.39 is 11.7 Å². The van der Waals surface area contributed by atoms with Gasteiger partial charge in [0, 0.05) is 43.3 Å². The Balaban J connectivity index is 1.14. The van der Waals surface area contributed by atoms with Gasteiger partial charge in [-0.15, -0.1) is 0 Å². The van der Waals surface area contributed by atoms with Gasteiger partial charge >= 0.3 is 0 Å². The average molecular weight is 619 g/mol. The number of benzene rings is 2. The van der Waals surface area contributed by atoms with Crippen molar-refractivity contribution in [1.29, 1.82) is 0 Å². The van der Waals surface area contributed by atoms with Crippen LogP contribution in [-0.2, 0) is 6.61 Å². The summed E-state index contributed by atoms with van der Waals surface area (Å²) in [5.41, 5.74) is 6.95. The topological polar surface area (TPSA) is 97.8 Å². The van der Waals surface area contributed by atoms with Crippen molar-refractivity contribution in [3.63, 3.8) is 0 Å². The third-order valence-corrected chi connectivity index (χ3v) is 9.47. The van der Waals surface area contributed by atoms with E-state index in [1.54, 1.807) is 12.3 Å². The maximum atomic E-state index is 15.4. The molecule has 8 rings (SSSR count). The lowest BCUT2D eigenvalue weighted by Gasteiger charge is -2.33. The number of aliphatic hydroxyl groups is 1. The number of aromatic nitrogens is 3. The fourth-order valence-electron chi connectivity index (χ4n) is 6.73. The molecule has 0 unspecified atom stereocenters. The number of carbonyl (C=O) groups excluding carboxylic acids is 1. The number of ether oxygens (including phenoxy) is 1. The van der Waals surface area contributed by atoms with Crippen LogP contribution in [0, 0.1) is 5.82 Å². The summed E-state index contributed by atoms with van der Waals surface area (Å²) in [6, 6.07) is 16.9. The third kappa shape index (κ3) is 5.07. The molecule has 1 saturated heterocycles. The Morgan fingerprint density at radius 1 is 1.00 bits per heavy atom. The first-order valence-electron chi connectivity index (χ1n) is 15.9. The van der Waals surface area contributed by atoms with Crippen molar-refractivity contribution >= 4 is 28.3 Å². The third-order valence-electron chi connectivity index (χ3n) is 9.47. The Kier molecular flexibility index (Phi) is 7.18. The van der Waals surface area contributed by atoms with Crippen molar-refractivity contribution in [2.75, 3.05) is 56.2 Å². The van der Waals surface area contributed by atoms with Crippen molar-refractivity contribution in [3.05, 3.63) is 89.5 Å². The van der Waals surface area contributed by atoms with Gasteiger partial charge in [0.05, 0.1) is 42.1 Å². The maximum absolute atomic E-state index is 15.4. The van der Waals surface area contributed by atoms with E-state index in [2.05, 4.69) is 32.9 Å². The molecule has 1 saturated carbocycles. The van der Waals surface area contributed by atoms with Crippen LogP contribution in [-0.4, -0.2) is 77.2 Å². The Labute approximate surface area is 266 Å². The number of H-pyrrole nitrogens is 1. The van der Waals surface area contributed by atoms with Gasteiger partial charge in [0.2, 0.25) is 0 Å². The number of carbonyl (C=O) groups is 1. The molecule has 46 heavy (non-hydrogen) atoms. The molecule has 3 aliphatic rings. The van der Waals surface area contributed by atoms with Gasteiger partial charge in [-0.05, 0) is 85.0 Å². The molecule has 0 spiro atoms. The number of hydrogen-bond donors (Lipinski definition) is 2. The minimum atomic E-state index is -0.570. The van der Waals surface area contributed by atoms with Crippen molar-refractivity contribution in [3.8, 4) is 28.3 Å². The van der Waals surface area contributed by atoms with Crippen molar-refractivity contribution < 1.29 is 19.0 Å². The standard InChI is InChI=1S/C36H35FN6O3/c1-41-11-13-42(14-12-41)24-7-8-30(39-20-24)31-19-27-26(9-10-38-35(27)40-31)25-3-2-4-32(28(25)21-44)43-15-16-46-33-18-23(22-5-6-22)17-29(37)34(33)36(43)45/h2-4,7-10,17-20,22,44H,5-6,11-16,21H2,1H3,(H,38,40). The number of piperazine rings is 1. The molecule has 9 nitrogen and oxygen atoms in total. The first-order chi connectivity index (χ1) is 22.5. The van der Waals surface area contributed by atoms with Crippen LogP contribution in [0.5, 0.6) is 5.75 Å². The van der Waals surface area contributed by atoms with Crippen LogP contribution in [0.2, 0.25) is 0 Å². The number of pyridine rings is 2. The zero-order valence-electron chi connectivity index (χ0n) is 25.7. The zero-order valence-corrected chi connectivity index (χ0v) is 25.7. The maximum Gasteiger partial charge on any atom is 0.265 e. The monoisotopic (exact) mass is 618 g/mol. The van der Waals surface area contributed by atoms with Crippen LogP contribution in [0.15, 0.2) is 67.0 Å². The molecule has 3 aromatic heterocycles. The molecular formula is C36H35FN6O3. The van der Waals surface area contributed by atoms with Crippen LogP contribution in [0.4, 0.5) is 15.8 Å². The molecule has 0 radical (unpaired) electrons. The van der Waals surface area contributed by atoms with Crippen LogP contribution in [0.25, 0.3) is 33.5 Å². The van der Waals surface area contributed by atoms with Gasteiger partial charge in [0.15, 0.2) is 0 Å². The number of aromatic amines is 1. The lowest BCUT2D eigenvalue weighted by Crippen LogP contribution is -2.44. The Hall–Kier alpha value is -4.80. The second kappa shape index (κ2) is 11.5.